The zero-order valence-corrected chi connectivity index (χ0v) is 13.5. The summed E-state index contributed by atoms with van der Waals surface area (Å²) in [6.07, 6.45) is 1.35. The summed E-state index contributed by atoms with van der Waals surface area (Å²) < 4.78 is 5.74. The Morgan fingerprint density at radius 3 is 2.87 bits per heavy atom. The van der Waals surface area contributed by atoms with Gasteiger partial charge in [-0.3, -0.25) is 4.79 Å². The molecule has 0 bridgehead atoms. The molecule has 2 aliphatic heterocycles. The Bertz CT molecular complexity index is 644. The summed E-state index contributed by atoms with van der Waals surface area (Å²) >= 11 is 0. The molecular weight excluding hydrogens is 296 g/mol. The molecule has 6 heteroatoms. The Labute approximate surface area is 135 Å². The van der Waals surface area contributed by atoms with E-state index in [2.05, 4.69) is 5.32 Å². The summed E-state index contributed by atoms with van der Waals surface area (Å²) in [6, 6.07) is 3.63. The molecule has 2 heterocycles. The molecule has 3 rings (SSSR count). The molecule has 0 aliphatic carbocycles. The average molecular weight is 318 g/mol. The number of piperidine rings is 1. The number of urea groups is 1. The lowest BCUT2D eigenvalue weighted by Crippen LogP contribution is -2.48. The van der Waals surface area contributed by atoms with Gasteiger partial charge in [0.05, 0.1) is 12.0 Å². The van der Waals surface area contributed by atoms with Crippen LogP contribution in [0, 0.1) is 19.8 Å². The number of hydrogen-bond donors (Lipinski definition) is 2. The van der Waals surface area contributed by atoms with Crippen molar-refractivity contribution in [3.05, 3.63) is 28.8 Å². The highest BCUT2D eigenvalue weighted by Crippen LogP contribution is 2.36. The van der Waals surface area contributed by atoms with E-state index in [4.69, 9.17) is 9.84 Å². The number of nitrogens with one attached hydrogen (secondary N) is 1. The fraction of sp³-hybridized carbons (Fsp3) is 0.529. The molecule has 1 aromatic rings. The van der Waals surface area contributed by atoms with E-state index in [1.165, 1.54) is 0 Å². The fourth-order valence-electron chi connectivity index (χ4n) is 3.26. The van der Waals surface area contributed by atoms with Crippen molar-refractivity contribution < 1.29 is 19.4 Å². The first-order chi connectivity index (χ1) is 11.0. The van der Waals surface area contributed by atoms with E-state index in [-0.39, 0.29) is 18.6 Å². The number of carbonyl (C=O) groups excluding carboxylic acids is 1. The van der Waals surface area contributed by atoms with Crippen molar-refractivity contribution in [2.45, 2.75) is 32.7 Å². The van der Waals surface area contributed by atoms with Crippen LogP contribution in [-0.2, 0) is 4.79 Å². The quantitative estimate of drug-likeness (QED) is 0.876. The maximum absolute atomic E-state index is 12.5. The molecule has 2 amide bonds. The Morgan fingerprint density at radius 1 is 1.35 bits per heavy atom. The van der Waals surface area contributed by atoms with Gasteiger partial charge in [0.25, 0.3) is 0 Å². The molecule has 23 heavy (non-hydrogen) atoms. The summed E-state index contributed by atoms with van der Waals surface area (Å²) in [5.74, 6) is -0.438. The van der Waals surface area contributed by atoms with Crippen molar-refractivity contribution in [1.82, 2.24) is 10.2 Å². The standard InChI is InChI=1S/C17H22N2O4/c1-10-5-6-13-14(9-23-15(13)11(10)2)18-17(22)19-7-3-4-12(8-19)16(20)21/h5-6,12,14H,3-4,7-9H2,1-2H3,(H,18,22)(H,20,21). The van der Waals surface area contributed by atoms with Crippen LogP contribution in [0.1, 0.15) is 35.6 Å². The largest absolute Gasteiger partial charge is 0.490 e. The van der Waals surface area contributed by atoms with Crippen LogP contribution in [0.2, 0.25) is 0 Å². The summed E-state index contributed by atoms with van der Waals surface area (Å²) in [6.45, 7) is 5.34. The van der Waals surface area contributed by atoms with E-state index in [1.807, 2.05) is 26.0 Å². The number of likely N-dealkylation sites (tertiary alicyclic amines) is 1. The predicted octanol–water partition coefficient (Wildman–Crippen LogP) is 2.24. The van der Waals surface area contributed by atoms with Crippen LogP contribution >= 0.6 is 0 Å². The molecule has 2 atom stereocenters. The van der Waals surface area contributed by atoms with Crippen molar-refractivity contribution in [2.24, 2.45) is 5.92 Å². The summed E-state index contributed by atoms with van der Waals surface area (Å²) in [4.78, 5) is 25.2. The molecule has 0 saturated carbocycles. The highest BCUT2D eigenvalue weighted by Gasteiger charge is 2.32. The molecule has 0 aromatic heterocycles. The highest BCUT2D eigenvalue weighted by molar-refractivity contribution is 5.77. The van der Waals surface area contributed by atoms with Crippen LogP contribution in [0.25, 0.3) is 0 Å². The maximum atomic E-state index is 12.5. The molecule has 124 valence electrons. The Hall–Kier alpha value is -2.24. The third kappa shape index (κ3) is 2.98. The van der Waals surface area contributed by atoms with E-state index in [0.29, 0.717) is 19.6 Å². The van der Waals surface area contributed by atoms with Gasteiger partial charge in [0.1, 0.15) is 12.4 Å². The first-order valence-corrected chi connectivity index (χ1v) is 7.98. The second-order valence-electron chi connectivity index (χ2n) is 6.36. The van der Waals surface area contributed by atoms with Crippen LogP contribution < -0.4 is 10.1 Å². The number of carboxylic acids is 1. The van der Waals surface area contributed by atoms with Gasteiger partial charge in [-0.15, -0.1) is 0 Å². The molecule has 6 nitrogen and oxygen atoms in total. The van der Waals surface area contributed by atoms with Crippen LogP contribution in [0.4, 0.5) is 4.79 Å². The summed E-state index contributed by atoms with van der Waals surface area (Å²) in [5.41, 5.74) is 3.26. The van der Waals surface area contributed by atoms with Gasteiger partial charge in [0, 0.05) is 18.7 Å². The molecule has 1 aromatic carbocycles. The van der Waals surface area contributed by atoms with Crippen LogP contribution in [0.5, 0.6) is 5.75 Å². The number of hydrogen-bond acceptors (Lipinski definition) is 3. The van der Waals surface area contributed by atoms with Gasteiger partial charge in [0.2, 0.25) is 0 Å². The SMILES string of the molecule is Cc1ccc2c(c1C)OCC2NC(=O)N1CCCC(C(=O)O)C1. The van der Waals surface area contributed by atoms with E-state index in [9.17, 15) is 9.59 Å². The normalized spacial score (nSPS) is 23.1. The van der Waals surface area contributed by atoms with Crippen molar-refractivity contribution in [3.63, 3.8) is 0 Å². The lowest BCUT2D eigenvalue weighted by molar-refractivity contribution is -0.143. The average Bonchev–Trinajstić information content (AvgIpc) is 2.94. The molecule has 1 fully saturated rings. The lowest BCUT2D eigenvalue weighted by Gasteiger charge is -2.31. The number of nitrogens with zero attached hydrogens (tertiary/aromatic N) is 1. The molecule has 0 spiro atoms. The van der Waals surface area contributed by atoms with E-state index in [1.54, 1.807) is 4.90 Å². The summed E-state index contributed by atoms with van der Waals surface area (Å²) in [5, 5.41) is 12.1. The Balaban J connectivity index is 1.68. The lowest BCUT2D eigenvalue weighted by atomic mass is 9.98. The molecule has 1 saturated heterocycles. The number of carbonyl (C=O) groups is 2. The number of benzene rings is 1. The van der Waals surface area contributed by atoms with E-state index in [0.717, 1.165) is 28.9 Å². The molecule has 2 unspecified atom stereocenters. The maximum Gasteiger partial charge on any atom is 0.318 e. The van der Waals surface area contributed by atoms with Gasteiger partial charge >= 0.3 is 12.0 Å². The monoisotopic (exact) mass is 318 g/mol. The molecular formula is C17H22N2O4. The number of ether oxygens (including phenoxy) is 1. The van der Waals surface area contributed by atoms with Gasteiger partial charge in [-0.1, -0.05) is 12.1 Å². The highest BCUT2D eigenvalue weighted by atomic mass is 16.5. The second-order valence-corrected chi connectivity index (χ2v) is 6.36. The number of aryl methyl sites for hydroxylation is 1. The van der Waals surface area contributed by atoms with Crippen molar-refractivity contribution in [1.29, 1.82) is 0 Å². The van der Waals surface area contributed by atoms with Gasteiger partial charge < -0.3 is 20.1 Å². The number of amides is 2. The summed E-state index contributed by atoms with van der Waals surface area (Å²) in [7, 11) is 0. The first-order valence-electron chi connectivity index (χ1n) is 7.98. The minimum Gasteiger partial charge on any atom is -0.490 e. The topological polar surface area (TPSA) is 78.9 Å². The van der Waals surface area contributed by atoms with Gasteiger partial charge in [0.15, 0.2) is 0 Å². The zero-order chi connectivity index (χ0) is 16.6. The van der Waals surface area contributed by atoms with Crippen LogP contribution in [0.3, 0.4) is 0 Å². The van der Waals surface area contributed by atoms with E-state index >= 15 is 0 Å². The van der Waals surface area contributed by atoms with Crippen LogP contribution in [0.15, 0.2) is 12.1 Å². The Morgan fingerprint density at radius 2 is 2.13 bits per heavy atom. The van der Waals surface area contributed by atoms with Gasteiger partial charge in [-0.05, 0) is 37.8 Å². The van der Waals surface area contributed by atoms with Crippen molar-refractivity contribution >= 4 is 12.0 Å². The second kappa shape index (κ2) is 6.10. The molecule has 0 radical (unpaired) electrons. The fourth-order valence-corrected chi connectivity index (χ4v) is 3.26. The first kappa shape index (κ1) is 15.6. The smallest absolute Gasteiger partial charge is 0.318 e. The Kier molecular flexibility index (Phi) is 4.15. The number of rotatable bonds is 2. The molecule has 2 N–H and O–H groups in total. The van der Waals surface area contributed by atoms with E-state index < -0.39 is 11.9 Å². The number of aliphatic carboxylic acids is 1. The zero-order valence-electron chi connectivity index (χ0n) is 13.5. The number of fused-ring (bicyclic) bond motifs is 1. The molecule has 2 aliphatic rings. The minimum absolute atomic E-state index is 0.179. The minimum atomic E-state index is -0.830. The third-order valence-corrected chi connectivity index (χ3v) is 4.83. The third-order valence-electron chi connectivity index (χ3n) is 4.83. The van der Waals surface area contributed by atoms with Crippen LogP contribution in [-0.4, -0.2) is 41.7 Å². The predicted molar refractivity (Wildman–Crippen MR) is 84.6 cm³/mol. The van der Waals surface area contributed by atoms with Gasteiger partial charge in [-0.2, -0.15) is 0 Å². The number of carboxylic acid groups (broad SMARTS) is 1. The van der Waals surface area contributed by atoms with Gasteiger partial charge in [-0.25, -0.2) is 4.79 Å². The van der Waals surface area contributed by atoms with Crippen molar-refractivity contribution in [2.75, 3.05) is 19.7 Å². The van der Waals surface area contributed by atoms with Crippen molar-refractivity contribution in [3.8, 4) is 5.75 Å².